The zero-order valence-corrected chi connectivity index (χ0v) is 14.0. The molecule has 1 amide bonds. The smallest absolute Gasteiger partial charge is 0.232 e. The first kappa shape index (κ1) is 17.5. The Bertz CT molecular complexity index is 858. The van der Waals surface area contributed by atoms with Crippen LogP contribution in [0.3, 0.4) is 0 Å². The van der Waals surface area contributed by atoms with Crippen molar-refractivity contribution in [2.45, 2.75) is 6.42 Å². The van der Waals surface area contributed by atoms with Gasteiger partial charge < -0.3 is 5.32 Å². The summed E-state index contributed by atoms with van der Waals surface area (Å²) in [6.45, 7) is -0.00756. The first-order chi connectivity index (χ1) is 11.4. The largest absolute Gasteiger partial charge is 0.326 e. The molecule has 2 aromatic rings. The van der Waals surface area contributed by atoms with Crippen LogP contribution in [0, 0.1) is 11.3 Å². The normalized spacial score (nSPS) is 10.7. The molecule has 124 valence electrons. The molecule has 24 heavy (non-hydrogen) atoms. The maximum atomic E-state index is 12.0. The van der Waals surface area contributed by atoms with Gasteiger partial charge in [-0.1, -0.05) is 24.3 Å². The van der Waals surface area contributed by atoms with E-state index in [1.165, 1.54) is 6.07 Å². The molecule has 0 unspecified atom stereocenters. The van der Waals surface area contributed by atoms with Gasteiger partial charge in [0.05, 0.1) is 23.6 Å². The molecule has 2 rings (SSSR count). The molecule has 1 N–H and O–H groups in total. The molecule has 0 aliphatic carbocycles. The molecule has 0 heterocycles. The van der Waals surface area contributed by atoms with Gasteiger partial charge >= 0.3 is 0 Å². The lowest BCUT2D eigenvalue weighted by Crippen LogP contribution is -2.33. The molecule has 2 aromatic carbocycles. The highest BCUT2D eigenvalue weighted by molar-refractivity contribution is 7.92. The Morgan fingerprint density at radius 2 is 1.88 bits per heavy atom. The monoisotopic (exact) mass is 343 g/mol. The maximum Gasteiger partial charge on any atom is 0.232 e. The average molecular weight is 343 g/mol. The SMILES string of the molecule is CS(=O)(=O)N(CCC(=O)Nc1ccccc1)c1cccc(C#N)c1. The lowest BCUT2D eigenvalue weighted by atomic mass is 10.2. The molecule has 0 aliphatic heterocycles. The third-order valence-corrected chi connectivity index (χ3v) is 4.46. The Kier molecular flexibility index (Phi) is 5.55. The van der Waals surface area contributed by atoms with Crippen LogP contribution < -0.4 is 9.62 Å². The minimum Gasteiger partial charge on any atom is -0.326 e. The topological polar surface area (TPSA) is 90.3 Å². The number of carbonyl (C=O) groups is 1. The summed E-state index contributed by atoms with van der Waals surface area (Å²) < 4.78 is 25.2. The van der Waals surface area contributed by atoms with Crippen molar-refractivity contribution >= 4 is 27.3 Å². The molecular weight excluding hydrogens is 326 g/mol. The summed E-state index contributed by atoms with van der Waals surface area (Å²) in [6.07, 6.45) is 1.07. The molecule has 0 aliphatic rings. The van der Waals surface area contributed by atoms with Gasteiger partial charge in [-0.05, 0) is 30.3 Å². The van der Waals surface area contributed by atoms with E-state index in [0.29, 0.717) is 16.9 Å². The number of benzene rings is 2. The van der Waals surface area contributed by atoms with Crippen LogP contribution in [-0.4, -0.2) is 27.1 Å². The van der Waals surface area contributed by atoms with Crippen LogP contribution in [0.1, 0.15) is 12.0 Å². The van der Waals surface area contributed by atoms with Gasteiger partial charge in [0, 0.05) is 18.7 Å². The molecule has 0 atom stereocenters. The fourth-order valence-corrected chi connectivity index (χ4v) is 3.08. The highest BCUT2D eigenvalue weighted by Gasteiger charge is 2.19. The number of sulfonamides is 1. The van der Waals surface area contributed by atoms with E-state index in [-0.39, 0.29) is 18.9 Å². The van der Waals surface area contributed by atoms with E-state index >= 15 is 0 Å². The van der Waals surface area contributed by atoms with Crippen LogP contribution in [-0.2, 0) is 14.8 Å². The molecule has 6 nitrogen and oxygen atoms in total. The summed E-state index contributed by atoms with van der Waals surface area (Å²) >= 11 is 0. The Labute approximate surface area is 141 Å². The number of carbonyl (C=O) groups excluding carboxylic acids is 1. The van der Waals surface area contributed by atoms with Crippen LogP contribution in [0.5, 0.6) is 0 Å². The molecule has 0 bridgehead atoms. The second-order valence-corrected chi connectivity index (χ2v) is 7.07. The van der Waals surface area contributed by atoms with Crippen molar-refractivity contribution in [2.75, 3.05) is 22.4 Å². The first-order valence-electron chi connectivity index (χ1n) is 7.23. The molecule has 7 heteroatoms. The number of hydrogen-bond acceptors (Lipinski definition) is 4. The summed E-state index contributed by atoms with van der Waals surface area (Å²) in [5.74, 6) is -0.286. The van der Waals surface area contributed by atoms with Crippen molar-refractivity contribution in [2.24, 2.45) is 0 Å². The number of amides is 1. The summed E-state index contributed by atoms with van der Waals surface area (Å²) in [5, 5.41) is 11.7. The predicted octanol–water partition coefficient (Wildman–Crippen LogP) is 2.35. The summed E-state index contributed by atoms with van der Waals surface area (Å²) in [5.41, 5.74) is 1.37. The minimum absolute atomic E-state index is 0.00124. The average Bonchev–Trinajstić information content (AvgIpc) is 2.55. The molecule has 0 saturated heterocycles. The molecular formula is C17H17N3O3S. The second-order valence-electron chi connectivity index (χ2n) is 5.16. The van der Waals surface area contributed by atoms with E-state index in [9.17, 15) is 13.2 Å². The zero-order valence-electron chi connectivity index (χ0n) is 13.1. The number of anilines is 2. The van der Waals surface area contributed by atoms with Crippen LogP contribution in [0.2, 0.25) is 0 Å². The summed E-state index contributed by atoms with van der Waals surface area (Å²) in [6, 6.07) is 17.2. The van der Waals surface area contributed by atoms with Gasteiger partial charge in [-0.3, -0.25) is 9.10 Å². The molecule has 0 saturated carbocycles. The minimum atomic E-state index is -3.57. The number of rotatable bonds is 6. The Morgan fingerprint density at radius 1 is 1.17 bits per heavy atom. The van der Waals surface area contributed by atoms with Crippen LogP contribution >= 0.6 is 0 Å². The summed E-state index contributed by atoms with van der Waals surface area (Å²) in [7, 11) is -3.57. The van der Waals surface area contributed by atoms with Gasteiger partial charge in [-0.15, -0.1) is 0 Å². The number of para-hydroxylation sites is 1. The molecule has 0 fully saturated rings. The first-order valence-corrected chi connectivity index (χ1v) is 9.08. The fraction of sp³-hybridized carbons (Fsp3) is 0.176. The van der Waals surface area contributed by atoms with Crippen LogP contribution in [0.25, 0.3) is 0 Å². The van der Waals surface area contributed by atoms with E-state index in [1.54, 1.807) is 42.5 Å². The van der Waals surface area contributed by atoms with Crippen LogP contribution in [0.4, 0.5) is 11.4 Å². The van der Waals surface area contributed by atoms with Gasteiger partial charge in [0.1, 0.15) is 0 Å². The van der Waals surface area contributed by atoms with Gasteiger partial charge in [-0.2, -0.15) is 5.26 Å². The van der Waals surface area contributed by atoms with Gasteiger partial charge in [0.2, 0.25) is 15.9 Å². The van der Waals surface area contributed by atoms with Crippen LogP contribution in [0.15, 0.2) is 54.6 Å². The molecule has 0 spiro atoms. The highest BCUT2D eigenvalue weighted by atomic mass is 32.2. The number of nitrogens with one attached hydrogen (secondary N) is 1. The van der Waals surface area contributed by atoms with Crippen molar-refractivity contribution < 1.29 is 13.2 Å². The third kappa shape index (κ3) is 4.83. The van der Waals surface area contributed by atoms with Gasteiger partial charge in [0.15, 0.2) is 0 Å². The van der Waals surface area contributed by atoms with Crippen molar-refractivity contribution in [3.63, 3.8) is 0 Å². The highest BCUT2D eigenvalue weighted by Crippen LogP contribution is 2.19. The Hall–Kier alpha value is -2.85. The summed E-state index contributed by atoms with van der Waals surface area (Å²) in [4.78, 5) is 12.0. The molecule has 0 aromatic heterocycles. The third-order valence-electron chi connectivity index (χ3n) is 3.26. The molecule has 0 radical (unpaired) electrons. The van der Waals surface area contributed by atoms with E-state index in [4.69, 9.17) is 5.26 Å². The van der Waals surface area contributed by atoms with Crippen molar-refractivity contribution in [3.8, 4) is 6.07 Å². The lowest BCUT2D eigenvalue weighted by molar-refractivity contribution is -0.116. The fourth-order valence-electron chi connectivity index (χ4n) is 2.17. The van der Waals surface area contributed by atoms with E-state index < -0.39 is 10.0 Å². The van der Waals surface area contributed by atoms with E-state index in [1.807, 2.05) is 12.1 Å². The Morgan fingerprint density at radius 3 is 2.50 bits per heavy atom. The number of nitriles is 1. The van der Waals surface area contributed by atoms with Gasteiger partial charge in [0.25, 0.3) is 0 Å². The van der Waals surface area contributed by atoms with Gasteiger partial charge in [-0.25, -0.2) is 8.42 Å². The van der Waals surface area contributed by atoms with E-state index in [0.717, 1.165) is 10.6 Å². The predicted molar refractivity (Wildman–Crippen MR) is 93.0 cm³/mol. The zero-order chi connectivity index (χ0) is 17.6. The Balaban J connectivity index is 2.10. The van der Waals surface area contributed by atoms with Crippen molar-refractivity contribution in [1.82, 2.24) is 0 Å². The number of nitrogens with zero attached hydrogens (tertiary/aromatic N) is 2. The quantitative estimate of drug-likeness (QED) is 0.872. The number of hydrogen-bond donors (Lipinski definition) is 1. The second kappa shape index (κ2) is 7.62. The van der Waals surface area contributed by atoms with E-state index in [2.05, 4.69) is 5.32 Å². The maximum absolute atomic E-state index is 12.0. The van der Waals surface area contributed by atoms with Crippen molar-refractivity contribution in [1.29, 1.82) is 5.26 Å². The van der Waals surface area contributed by atoms with Crippen molar-refractivity contribution in [3.05, 3.63) is 60.2 Å². The standard InChI is InChI=1S/C17H17N3O3S/c1-24(22,23)20(16-9-5-6-14(12-16)13-18)11-10-17(21)19-15-7-3-2-4-8-15/h2-9,12H,10-11H2,1H3,(H,19,21). The lowest BCUT2D eigenvalue weighted by Gasteiger charge is -2.22.